The third-order valence-electron chi connectivity index (χ3n) is 3.16. The van der Waals surface area contributed by atoms with Crippen molar-refractivity contribution in [3.05, 3.63) is 71.0 Å². The molecule has 0 fully saturated rings. The zero-order valence-corrected chi connectivity index (χ0v) is 10.8. The second-order valence-electron chi connectivity index (χ2n) is 4.59. The van der Waals surface area contributed by atoms with Crippen molar-refractivity contribution in [3.8, 4) is 0 Å². The first-order chi connectivity index (χ1) is 8.69. The molecule has 2 rings (SSSR count). The number of rotatable bonds is 4. The van der Waals surface area contributed by atoms with E-state index in [2.05, 4.69) is 36.5 Å². The van der Waals surface area contributed by atoms with Gasteiger partial charge in [-0.1, -0.05) is 42.0 Å². The van der Waals surface area contributed by atoms with Crippen molar-refractivity contribution in [3.63, 3.8) is 0 Å². The summed E-state index contributed by atoms with van der Waals surface area (Å²) in [6, 6.07) is 15.4. The molecule has 1 nitrogen and oxygen atoms in total. The maximum Gasteiger partial charge on any atom is 0.123 e. The topological polar surface area (TPSA) is 12.0 Å². The Labute approximate surface area is 108 Å². The van der Waals surface area contributed by atoms with Crippen LogP contribution in [0.4, 0.5) is 4.39 Å². The smallest absolute Gasteiger partial charge is 0.123 e. The monoisotopic (exact) mass is 243 g/mol. The first-order valence-corrected chi connectivity index (χ1v) is 6.17. The quantitative estimate of drug-likeness (QED) is 0.864. The SMILES string of the molecule is CNC(Cc1ccc(C)cc1)c1cccc(F)c1. The molecule has 0 saturated carbocycles. The zero-order valence-electron chi connectivity index (χ0n) is 10.8. The highest BCUT2D eigenvalue weighted by Crippen LogP contribution is 2.19. The Balaban J connectivity index is 2.17. The van der Waals surface area contributed by atoms with Crippen LogP contribution in [0.2, 0.25) is 0 Å². The lowest BCUT2D eigenvalue weighted by molar-refractivity contribution is 0.577. The predicted molar refractivity (Wildman–Crippen MR) is 73.1 cm³/mol. The van der Waals surface area contributed by atoms with Gasteiger partial charge in [-0.2, -0.15) is 0 Å². The predicted octanol–water partition coefficient (Wildman–Crippen LogP) is 3.64. The summed E-state index contributed by atoms with van der Waals surface area (Å²) in [7, 11) is 1.91. The minimum Gasteiger partial charge on any atom is -0.313 e. The van der Waals surface area contributed by atoms with Crippen molar-refractivity contribution in [2.24, 2.45) is 0 Å². The average molecular weight is 243 g/mol. The lowest BCUT2D eigenvalue weighted by Gasteiger charge is -2.17. The van der Waals surface area contributed by atoms with Crippen LogP contribution in [-0.4, -0.2) is 7.05 Å². The number of hydrogen-bond acceptors (Lipinski definition) is 1. The molecule has 0 aromatic heterocycles. The fourth-order valence-electron chi connectivity index (χ4n) is 2.07. The summed E-state index contributed by atoms with van der Waals surface area (Å²) in [6.45, 7) is 2.08. The second-order valence-corrected chi connectivity index (χ2v) is 4.59. The van der Waals surface area contributed by atoms with Gasteiger partial charge < -0.3 is 5.32 Å². The highest BCUT2D eigenvalue weighted by Gasteiger charge is 2.10. The zero-order chi connectivity index (χ0) is 13.0. The van der Waals surface area contributed by atoms with Crippen molar-refractivity contribution >= 4 is 0 Å². The van der Waals surface area contributed by atoms with Crippen molar-refractivity contribution in [1.82, 2.24) is 5.32 Å². The summed E-state index contributed by atoms with van der Waals surface area (Å²) in [5.74, 6) is -0.184. The van der Waals surface area contributed by atoms with Gasteiger partial charge in [-0.15, -0.1) is 0 Å². The lowest BCUT2D eigenvalue weighted by atomic mass is 9.98. The maximum absolute atomic E-state index is 13.2. The summed E-state index contributed by atoms with van der Waals surface area (Å²) in [5.41, 5.74) is 3.49. The molecule has 18 heavy (non-hydrogen) atoms. The summed E-state index contributed by atoms with van der Waals surface area (Å²) in [4.78, 5) is 0. The van der Waals surface area contributed by atoms with E-state index in [1.54, 1.807) is 12.1 Å². The Kier molecular flexibility index (Phi) is 4.11. The van der Waals surface area contributed by atoms with Gasteiger partial charge in [0.2, 0.25) is 0 Å². The maximum atomic E-state index is 13.2. The largest absolute Gasteiger partial charge is 0.313 e. The van der Waals surface area contributed by atoms with E-state index in [1.165, 1.54) is 17.2 Å². The van der Waals surface area contributed by atoms with E-state index in [1.807, 2.05) is 13.1 Å². The number of halogens is 1. The Hall–Kier alpha value is -1.67. The number of likely N-dealkylation sites (N-methyl/N-ethyl adjacent to an activating group) is 1. The minimum atomic E-state index is -0.184. The molecule has 94 valence electrons. The van der Waals surface area contributed by atoms with Gasteiger partial charge in [0.1, 0.15) is 5.82 Å². The number of hydrogen-bond donors (Lipinski definition) is 1. The van der Waals surface area contributed by atoms with Crippen LogP contribution in [-0.2, 0) is 6.42 Å². The fourth-order valence-corrected chi connectivity index (χ4v) is 2.07. The molecular formula is C16H18FN. The van der Waals surface area contributed by atoms with E-state index in [-0.39, 0.29) is 11.9 Å². The van der Waals surface area contributed by atoms with Crippen LogP contribution in [0.5, 0.6) is 0 Å². The van der Waals surface area contributed by atoms with E-state index >= 15 is 0 Å². The van der Waals surface area contributed by atoms with Crippen molar-refractivity contribution in [1.29, 1.82) is 0 Å². The highest BCUT2D eigenvalue weighted by atomic mass is 19.1. The Morgan fingerprint density at radius 2 is 1.83 bits per heavy atom. The van der Waals surface area contributed by atoms with Crippen LogP contribution in [0.3, 0.4) is 0 Å². The molecule has 0 heterocycles. The van der Waals surface area contributed by atoms with Crippen molar-refractivity contribution in [2.45, 2.75) is 19.4 Å². The molecule has 1 unspecified atom stereocenters. The first kappa shape index (κ1) is 12.8. The first-order valence-electron chi connectivity index (χ1n) is 6.17. The minimum absolute atomic E-state index is 0.142. The normalized spacial score (nSPS) is 12.4. The summed E-state index contributed by atoms with van der Waals surface area (Å²) in [6.07, 6.45) is 0.861. The van der Waals surface area contributed by atoms with E-state index in [9.17, 15) is 4.39 Å². The molecule has 0 spiro atoms. The van der Waals surface area contributed by atoms with Gasteiger partial charge in [-0.25, -0.2) is 4.39 Å². The van der Waals surface area contributed by atoms with Gasteiger partial charge in [-0.05, 0) is 43.7 Å². The molecule has 2 aromatic rings. The summed E-state index contributed by atoms with van der Waals surface area (Å²) >= 11 is 0. The van der Waals surface area contributed by atoms with E-state index < -0.39 is 0 Å². The van der Waals surface area contributed by atoms with Crippen LogP contribution in [0, 0.1) is 12.7 Å². The summed E-state index contributed by atoms with van der Waals surface area (Å²) in [5, 5.41) is 3.24. The molecule has 0 radical (unpaired) electrons. The number of benzene rings is 2. The van der Waals surface area contributed by atoms with Crippen LogP contribution in [0.25, 0.3) is 0 Å². The summed E-state index contributed by atoms with van der Waals surface area (Å²) < 4.78 is 13.2. The molecule has 0 bridgehead atoms. The van der Waals surface area contributed by atoms with Gasteiger partial charge in [0.15, 0.2) is 0 Å². The highest BCUT2D eigenvalue weighted by molar-refractivity contribution is 5.26. The Bertz CT molecular complexity index is 505. The third kappa shape index (κ3) is 3.17. The molecule has 0 saturated heterocycles. The number of aryl methyl sites for hydroxylation is 1. The van der Waals surface area contributed by atoms with Crippen molar-refractivity contribution in [2.75, 3.05) is 7.05 Å². The molecule has 2 heteroatoms. The van der Waals surface area contributed by atoms with Crippen LogP contribution >= 0.6 is 0 Å². The van der Waals surface area contributed by atoms with Crippen molar-refractivity contribution < 1.29 is 4.39 Å². The van der Waals surface area contributed by atoms with Gasteiger partial charge >= 0.3 is 0 Å². The van der Waals surface area contributed by atoms with Gasteiger partial charge in [0.05, 0.1) is 0 Å². The average Bonchev–Trinajstić information content (AvgIpc) is 2.38. The van der Waals surface area contributed by atoms with E-state index in [0.29, 0.717) is 0 Å². The van der Waals surface area contributed by atoms with E-state index in [4.69, 9.17) is 0 Å². The van der Waals surface area contributed by atoms with E-state index in [0.717, 1.165) is 12.0 Å². The lowest BCUT2D eigenvalue weighted by Crippen LogP contribution is -2.18. The number of nitrogens with one attached hydrogen (secondary N) is 1. The standard InChI is InChI=1S/C16H18FN/c1-12-6-8-13(9-7-12)10-16(18-2)14-4-3-5-15(17)11-14/h3-9,11,16,18H,10H2,1-2H3. The molecule has 0 aliphatic carbocycles. The van der Waals surface area contributed by atoms with Crippen LogP contribution in [0.1, 0.15) is 22.7 Å². The van der Waals surface area contributed by atoms with Gasteiger partial charge in [0, 0.05) is 6.04 Å². The molecule has 1 N–H and O–H groups in total. The second kappa shape index (κ2) is 5.78. The van der Waals surface area contributed by atoms with Crippen LogP contribution in [0.15, 0.2) is 48.5 Å². The molecule has 0 aliphatic heterocycles. The van der Waals surface area contributed by atoms with Gasteiger partial charge in [-0.3, -0.25) is 0 Å². The third-order valence-corrected chi connectivity index (χ3v) is 3.16. The fraction of sp³-hybridized carbons (Fsp3) is 0.250. The van der Waals surface area contributed by atoms with Gasteiger partial charge in [0.25, 0.3) is 0 Å². The Morgan fingerprint density at radius 1 is 1.11 bits per heavy atom. The molecule has 1 atom stereocenters. The molecule has 0 aliphatic rings. The van der Waals surface area contributed by atoms with Crippen LogP contribution < -0.4 is 5.32 Å². The molecular weight excluding hydrogens is 225 g/mol. The Morgan fingerprint density at radius 3 is 2.44 bits per heavy atom. The molecule has 2 aromatic carbocycles. The molecule has 0 amide bonds.